The van der Waals surface area contributed by atoms with Gasteiger partial charge in [-0.3, -0.25) is 19.6 Å². The van der Waals surface area contributed by atoms with Crippen molar-refractivity contribution in [2.24, 2.45) is 5.84 Å². The molecule has 7 nitrogen and oxygen atoms in total. The number of hydrogen-bond donors (Lipinski definition) is 2. The molecule has 152 valence electrons. The minimum atomic E-state index is -0.364. The topological polar surface area (TPSA) is 99.2 Å². The number of carbonyl (C=O) groups excluding carboxylic acids is 1. The van der Waals surface area contributed by atoms with Gasteiger partial charge in [-0.05, 0) is 17.7 Å². The summed E-state index contributed by atoms with van der Waals surface area (Å²) in [5, 5.41) is 2.86. The highest BCUT2D eigenvalue weighted by Gasteiger charge is 2.20. The molecule has 3 N–H and O–H groups in total. The first kappa shape index (κ1) is 20.1. The summed E-state index contributed by atoms with van der Waals surface area (Å²) in [5.74, 6) is 5.39. The van der Waals surface area contributed by atoms with E-state index in [0.29, 0.717) is 26.8 Å². The number of nitrogens with two attached hydrogens (primary N) is 1. The summed E-state index contributed by atoms with van der Waals surface area (Å²) in [6.07, 6.45) is 0. The smallest absolute Gasteiger partial charge is 0.268 e. The predicted molar refractivity (Wildman–Crippen MR) is 120 cm³/mol. The third-order valence-corrected chi connectivity index (χ3v) is 6.29. The molecule has 0 saturated carbocycles. The van der Waals surface area contributed by atoms with Gasteiger partial charge >= 0.3 is 0 Å². The van der Waals surface area contributed by atoms with Crippen LogP contribution in [0.2, 0.25) is 0 Å². The molecular weight excluding hydrogens is 420 g/mol. The quantitative estimate of drug-likeness (QED) is 0.158. The average Bonchev–Trinajstić information content (AvgIpc) is 3.22. The lowest BCUT2D eigenvalue weighted by Gasteiger charge is -2.15. The lowest BCUT2D eigenvalue weighted by atomic mass is 10.1. The molecule has 0 radical (unpaired) electrons. The maximum atomic E-state index is 13.7. The summed E-state index contributed by atoms with van der Waals surface area (Å²) < 4.78 is 6.97. The van der Waals surface area contributed by atoms with Crippen LogP contribution < -0.4 is 21.6 Å². The van der Waals surface area contributed by atoms with Crippen LogP contribution in [0.1, 0.15) is 0 Å². The Morgan fingerprint density at radius 3 is 2.67 bits per heavy atom. The van der Waals surface area contributed by atoms with Crippen molar-refractivity contribution >= 4 is 39.2 Å². The minimum Gasteiger partial charge on any atom is -0.495 e. The maximum Gasteiger partial charge on any atom is 0.268 e. The van der Waals surface area contributed by atoms with Gasteiger partial charge in [0.2, 0.25) is 5.91 Å². The molecule has 4 aromatic rings. The first-order valence-corrected chi connectivity index (χ1v) is 10.9. The summed E-state index contributed by atoms with van der Waals surface area (Å²) >= 11 is 2.54. The van der Waals surface area contributed by atoms with Crippen LogP contribution in [-0.4, -0.2) is 28.3 Å². The monoisotopic (exact) mass is 438 g/mol. The molecule has 0 atom stereocenters. The molecular formula is C21H18N4O3S2. The second kappa shape index (κ2) is 8.70. The predicted octanol–water partition coefficient (Wildman–Crippen LogP) is 3.20. The van der Waals surface area contributed by atoms with Crippen LogP contribution in [0.15, 0.2) is 69.9 Å². The van der Waals surface area contributed by atoms with Crippen molar-refractivity contribution in [3.05, 3.63) is 70.3 Å². The second-order valence-corrected chi connectivity index (χ2v) is 8.06. The number of nitrogens with one attached hydrogen (secondary N) is 1. The van der Waals surface area contributed by atoms with Gasteiger partial charge in [0.15, 0.2) is 5.16 Å². The van der Waals surface area contributed by atoms with Crippen molar-refractivity contribution < 1.29 is 9.53 Å². The Morgan fingerprint density at radius 2 is 1.93 bits per heavy atom. The Bertz CT molecular complexity index is 1270. The second-order valence-electron chi connectivity index (χ2n) is 6.26. The summed E-state index contributed by atoms with van der Waals surface area (Å²) in [4.78, 5) is 30.7. The fraction of sp³-hybridized carbons (Fsp3) is 0.0952. The van der Waals surface area contributed by atoms with Gasteiger partial charge in [0.05, 0.1) is 23.9 Å². The van der Waals surface area contributed by atoms with Gasteiger partial charge in [0, 0.05) is 10.9 Å². The van der Waals surface area contributed by atoms with Crippen molar-refractivity contribution in [2.45, 2.75) is 5.16 Å². The lowest BCUT2D eigenvalue weighted by molar-refractivity contribution is -0.118. The van der Waals surface area contributed by atoms with E-state index < -0.39 is 0 Å². The Hall–Kier alpha value is -3.14. The van der Waals surface area contributed by atoms with Crippen LogP contribution in [0.4, 0.5) is 0 Å². The van der Waals surface area contributed by atoms with Gasteiger partial charge < -0.3 is 4.74 Å². The third kappa shape index (κ3) is 3.70. The molecule has 0 saturated heterocycles. The van der Waals surface area contributed by atoms with E-state index in [4.69, 9.17) is 15.6 Å². The number of amides is 1. The summed E-state index contributed by atoms with van der Waals surface area (Å²) in [6, 6.07) is 16.9. The third-order valence-electron chi connectivity index (χ3n) is 4.48. The maximum absolute atomic E-state index is 13.7. The van der Waals surface area contributed by atoms with Gasteiger partial charge in [-0.15, -0.1) is 11.3 Å². The summed E-state index contributed by atoms with van der Waals surface area (Å²) in [5.41, 5.74) is 4.20. The number of hydrazine groups is 1. The molecule has 9 heteroatoms. The number of thioether (sulfide) groups is 1. The molecule has 0 fully saturated rings. The fourth-order valence-electron chi connectivity index (χ4n) is 3.10. The molecule has 30 heavy (non-hydrogen) atoms. The van der Waals surface area contributed by atoms with Crippen molar-refractivity contribution in [2.75, 3.05) is 12.9 Å². The van der Waals surface area contributed by atoms with Gasteiger partial charge in [-0.25, -0.2) is 10.8 Å². The van der Waals surface area contributed by atoms with E-state index >= 15 is 0 Å². The van der Waals surface area contributed by atoms with Gasteiger partial charge in [-0.2, -0.15) is 0 Å². The van der Waals surface area contributed by atoms with Gasteiger partial charge in [0.25, 0.3) is 5.56 Å². The number of carbonyl (C=O) groups is 1. The SMILES string of the molecule is COc1ccccc1-n1c(SCC(=O)NN)nc2scc(-c3ccccc3)c2c1=O. The van der Waals surface area contributed by atoms with Crippen molar-refractivity contribution in [3.8, 4) is 22.6 Å². The van der Waals surface area contributed by atoms with Gasteiger partial charge in [-0.1, -0.05) is 54.2 Å². The number of para-hydroxylation sites is 2. The summed E-state index contributed by atoms with van der Waals surface area (Å²) in [6.45, 7) is 0. The van der Waals surface area contributed by atoms with Crippen LogP contribution in [-0.2, 0) is 4.79 Å². The van der Waals surface area contributed by atoms with E-state index in [-0.39, 0.29) is 17.2 Å². The lowest BCUT2D eigenvalue weighted by Crippen LogP contribution is -2.32. The van der Waals surface area contributed by atoms with E-state index in [1.165, 1.54) is 15.9 Å². The Balaban J connectivity index is 1.99. The number of hydrogen-bond acceptors (Lipinski definition) is 7. The average molecular weight is 439 g/mol. The number of thiophene rings is 1. The summed E-state index contributed by atoms with van der Waals surface area (Å²) in [7, 11) is 1.55. The molecule has 0 spiro atoms. The number of nitrogens with zero attached hydrogens (tertiary/aromatic N) is 2. The van der Waals surface area contributed by atoms with E-state index in [1.54, 1.807) is 19.2 Å². The zero-order valence-corrected chi connectivity index (χ0v) is 17.6. The largest absolute Gasteiger partial charge is 0.495 e. The van der Waals surface area contributed by atoms with E-state index in [9.17, 15) is 9.59 Å². The molecule has 0 aliphatic heterocycles. The highest BCUT2D eigenvalue weighted by molar-refractivity contribution is 7.99. The molecule has 1 amide bonds. The van der Waals surface area contributed by atoms with Crippen molar-refractivity contribution in [3.63, 3.8) is 0 Å². The molecule has 0 aliphatic carbocycles. The fourth-order valence-corrected chi connectivity index (χ4v) is 4.90. The van der Waals surface area contributed by atoms with E-state index in [1.807, 2.05) is 47.8 Å². The normalized spacial score (nSPS) is 10.9. The highest BCUT2D eigenvalue weighted by Crippen LogP contribution is 2.34. The highest BCUT2D eigenvalue weighted by atomic mass is 32.2. The first-order valence-electron chi connectivity index (χ1n) is 8.99. The first-order chi connectivity index (χ1) is 14.6. The number of methoxy groups -OCH3 is 1. The van der Waals surface area contributed by atoms with Crippen LogP contribution in [0.3, 0.4) is 0 Å². The number of benzene rings is 2. The Morgan fingerprint density at radius 1 is 1.20 bits per heavy atom. The zero-order valence-electron chi connectivity index (χ0n) is 16.0. The molecule has 2 heterocycles. The molecule has 4 rings (SSSR count). The molecule has 0 bridgehead atoms. The van der Waals surface area contributed by atoms with Crippen molar-refractivity contribution in [1.29, 1.82) is 0 Å². The van der Waals surface area contributed by atoms with E-state index in [0.717, 1.165) is 22.9 Å². The van der Waals surface area contributed by atoms with Gasteiger partial charge in [0.1, 0.15) is 10.6 Å². The standard InChI is InChI=1S/C21H18N4O3S2/c1-28-16-10-6-5-9-15(16)25-20(27)18-14(13-7-3-2-4-8-13)11-29-19(18)23-21(25)30-12-17(26)24-22/h2-11H,12,22H2,1H3,(H,24,26). The van der Waals surface area contributed by atoms with Crippen LogP contribution in [0.25, 0.3) is 27.0 Å². The molecule has 2 aromatic carbocycles. The van der Waals surface area contributed by atoms with Crippen LogP contribution in [0.5, 0.6) is 5.75 Å². The van der Waals surface area contributed by atoms with Crippen LogP contribution >= 0.6 is 23.1 Å². The number of ether oxygens (including phenoxy) is 1. The molecule has 0 unspecified atom stereocenters. The number of fused-ring (bicyclic) bond motifs is 1. The number of aromatic nitrogens is 2. The Kier molecular flexibility index (Phi) is 5.84. The number of rotatable bonds is 6. The zero-order chi connectivity index (χ0) is 21.1. The van der Waals surface area contributed by atoms with Crippen LogP contribution in [0, 0.1) is 0 Å². The Labute approximate surface area is 180 Å². The van der Waals surface area contributed by atoms with Crippen molar-refractivity contribution in [1.82, 2.24) is 15.0 Å². The molecule has 0 aliphatic rings. The molecule has 2 aromatic heterocycles. The minimum absolute atomic E-state index is 0.0283. The van der Waals surface area contributed by atoms with E-state index in [2.05, 4.69) is 5.43 Å².